The van der Waals surface area contributed by atoms with Gasteiger partial charge in [0.15, 0.2) is 0 Å². The SMILES string of the molecule is O=S(=O)(NC1CN2CCC1CC2)c1cnc(Cl)c(Cl)c1. The topological polar surface area (TPSA) is 62.3 Å². The van der Waals surface area contributed by atoms with Crippen LogP contribution in [0.15, 0.2) is 17.2 Å². The number of nitrogens with one attached hydrogen (secondary N) is 1. The third-order valence-electron chi connectivity index (χ3n) is 4.04. The Balaban J connectivity index is 1.80. The zero-order valence-corrected chi connectivity index (χ0v) is 13.0. The molecule has 4 heterocycles. The molecule has 1 atom stereocenters. The molecule has 1 aromatic rings. The van der Waals surface area contributed by atoms with Gasteiger partial charge in [0.2, 0.25) is 10.0 Å². The minimum Gasteiger partial charge on any atom is -0.302 e. The van der Waals surface area contributed by atoms with Crippen LogP contribution in [-0.2, 0) is 10.0 Å². The number of rotatable bonds is 3. The lowest BCUT2D eigenvalue weighted by Gasteiger charge is -2.44. The number of hydrogen-bond donors (Lipinski definition) is 1. The molecule has 0 amide bonds. The third kappa shape index (κ3) is 2.80. The number of piperidine rings is 3. The molecule has 0 aromatic carbocycles. The summed E-state index contributed by atoms with van der Waals surface area (Å²) >= 11 is 11.5. The molecule has 0 saturated carbocycles. The van der Waals surface area contributed by atoms with Crippen molar-refractivity contribution in [3.05, 3.63) is 22.4 Å². The van der Waals surface area contributed by atoms with Gasteiger partial charge in [-0.3, -0.25) is 0 Å². The van der Waals surface area contributed by atoms with E-state index in [0.29, 0.717) is 5.92 Å². The maximum absolute atomic E-state index is 12.4. The smallest absolute Gasteiger partial charge is 0.242 e. The van der Waals surface area contributed by atoms with Gasteiger partial charge in [0, 0.05) is 18.8 Å². The molecular formula is C12H15Cl2N3O2S. The molecular weight excluding hydrogens is 321 g/mol. The highest BCUT2D eigenvalue weighted by molar-refractivity contribution is 7.89. The van der Waals surface area contributed by atoms with Crippen molar-refractivity contribution < 1.29 is 8.42 Å². The Kier molecular flexibility index (Phi) is 3.94. The van der Waals surface area contributed by atoms with E-state index in [0.717, 1.165) is 32.5 Å². The summed E-state index contributed by atoms with van der Waals surface area (Å²) in [7, 11) is -3.60. The molecule has 1 aromatic heterocycles. The van der Waals surface area contributed by atoms with Gasteiger partial charge < -0.3 is 4.90 Å². The first kappa shape index (κ1) is 14.5. The summed E-state index contributed by atoms with van der Waals surface area (Å²) in [6, 6.07) is 1.30. The van der Waals surface area contributed by atoms with E-state index in [1.165, 1.54) is 12.3 Å². The molecule has 20 heavy (non-hydrogen) atoms. The fourth-order valence-corrected chi connectivity index (χ4v) is 4.52. The highest BCUT2D eigenvalue weighted by Crippen LogP contribution is 2.29. The number of nitrogens with zero attached hydrogens (tertiary/aromatic N) is 2. The van der Waals surface area contributed by atoms with E-state index in [2.05, 4.69) is 14.6 Å². The first-order valence-corrected chi connectivity index (χ1v) is 8.75. The van der Waals surface area contributed by atoms with E-state index >= 15 is 0 Å². The molecule has 0 radical (unpaired) electrons. The van der Waals surface area contributed by atoms with Crippen LogP contribution < -0.4 is 4.72 Å². The van der Waals surface area contributed by atoms with Crippen LogP contribution in [0.4, 0.5) is 0 Å². The molecule has 3 fully saturated rings. The third-order valence-corrected chi connectivity index (χ3v) is 6.19. The quantitative estimate of drug-likeness (QED) is 0.855. The van der Waals surface area contributed by atoms with E-state index in [9.17, 15) is 8.42 Å². The second-order valence-electron chi connectivity index (χ2n) is 5.31. The van der Waals surface area contributed by atoms with E-state index in [-0.39, 0.29) is 21.1 Å². The molecule has 4 rings (SSSR count). The summed E-state index contributed by atoms with van der Waals surface area (Å²) in [4.78, 5) is 6.14. The van der Waals surface area contributed by atoms with Gasteiger partial charge in [-0.25, -0.2) is 18.1 Å². The Morgan fingerprint density at radius 3 is 2.55 bits per heavy atom. The van der Waals surface area contributed by atoms with Crippen molar-refractivity contribution in [1.82, 2.24) is 14.6 Å². The van der Waals surface area contributed by atoms with Crippen molar-refractivity contribution in [3.8, 4) is 0 Å². The first-order chi connectivity index (χ1) is 9.45. The molecule has 0 aliphatic carbocycles. The monoisotopic (exact) mass is 335 g/mol. The fraction of sp³-hybridized carbons (Fsp3) is 0.583. The van der Waals surface area contributed by atoms with Crippen LogP contribution in [0.2, 0.25) is 10.2 Å². The van der Waals surface area contributed by atoms with Gasteiger partial charge in [0.1, 0.15) is 10.0 Å². The van der Waals surface area contributed by atoms with Crippen LogP contribution in [0.25, 0.3) is 0 Å². The second kappa shape index (κ2) is 5.42. The van der Waals surface area contributed by atoms with Crippen molar-refractivity contribution in [3.63, 3.8) is 0 Å². The highest BCUT2D eigenvalue weighted by Gasteiger charge is 2.36. The normalized spacial score (nSPS) is 29.6. The Morgan fingerprint density at radius 2 is 2.00 bits per heavy atom. The first-order valence-electron chi connectivity index (χ1n) is 6.51. The van der Waals surface area contributed by atoms with Gasteiger partial charge in [-0.2, -0.15) is 0 Å². The second-order valence-corrected chi connectivity index (χ2v) is 7.79. The number of fused-ring (bicyclic) bond motifs is 3. The van der Waals surface area contributed by atoms with Gasteiger partial charge >= 0.3 is 0 Å². The summed E-state index contributed by atoms with van der Waals surface area (Å²) < 4.78 is 27.5. The molecule has 3 aliphatic rings. The molecule has 3 aliphatic heterocycles. The van der Waals surface area contributed by atoms with E-state index in [1.807, 2.05) is 0 Å². The lowest BCUT2D eigenvalue weighted by atomic mass is 9.85. The van der Waals surface area contributed by atoms with Gasteiger partial charge in [-0.1, -0.05) is 23.2 Å². The summed E-state index contributed by atoms with van der Waals surface area (Å²) in [5, 5.41) is 0.247. The standard InChI is InChI=1S/C12H15Cl2N3O2S/c13-10-5-9(6-15-12(10)14)20(18,19)16-11-7-17-3-1-8(11)2-4-17/h5-6,8,11,16H,1-4,7H2. The van der Waals surface area contributed by atoms with E-state index in [1.54, 1.807) is 0 Å². The number of hydrogen-bond acceptors (Lipinski definition) is 4. The Morgan fingerprint density at radius 1 is 1.30 bits per heavy atom. The van der Waals surface area contributed by atoms with Crippen LogP contribution in [0, 0.1) is 5.92 Å². The Labute approximate surface area is 128 Å². The van der Waals surface area contributed by atoms with Crippen LogP contribution in [0.5, 0.6) is 0 Å². The summed E-state index contributed by atoms with van der Waals surface area (Å²) in [6.45, 7) is 2.91. The maximum atomic E-state index is 12.4. The lowest BCUT2D eigenvalue weighted by molar-refractivity contribution is 0.0827. The highest BCUT2D eigenvalue weighted by atomic mass is 35.5. The molecule has 5 nitrogen and oxygen atoms in total. The van der Waals surface area contributed by atoms with Gasteiger partial charge in [0.25, 0.3) is 0 Å². The zero-order chi connectivity index (χ0) is 14.3. The van der Waals surface area contributed by atoms with Crippen LogP contribution in [0.1, 0.15) is 12.8 Å². The van der Waals surface area contributed by atoms with Crippen LogP contribution in [-0.4, -0.2) is 44.0 Å². The minimum atomic E-state index is -3.60. The minimum absolute atomic E-state index is 0.0306. The summed E-state index contributed by atoms with van der Waals surface area (Å²) in [6.07, 6.45) is 3.33. The van der Waals surface area contributed by atoms with Gasteiger partial charge in [0.05, 0.1) is 5.02 Å². The Hall–Kier alpha value is -0.400. The summed E-state index contributed by atoms with van der Waals surface area (Å²) in [5.74, 6) is 0.422. The molecule has 3 saturated heterocycles. The Bertz CT molecular complexity index is 615. The molecule has 2 bridgehead atoms. The van der Waals surface area contributed by atoms with Gasteiger partial charge in [-0.05, 0) is 37.9 Å². The molecule has 1 unspecified atom stereocenters. The lowest BCUT2D eigenvalue weighted by Crippen LogP contribution is -2.57. The van der Waals surface area contributed by atoms with Crippen LogP contribution >= 0.6 is 23.2 Å². The van der Waals surface area contributed by atoms with Crippen molar-refractivity contribution >= 4 is 33.2 Å². The average Bonchev–Trinajstić information content (AvgIpc) is 2.42. The number of aromatic nitrogens is 1. The molecule has 110 valence electrons. The molecule has 0 spiro atoms. The van der Waals surface area contributed by atoms with Crippen molar-refractivity contribution in [2.45, 2.75) is 23.8 Å². The van der Waals surface area contributed by atoms with Crippen molar-refractivity contribution in [2.75, 3.05) is 19.6 Å². The largest absolute Gasteiger partial charge is 0.302 e. The fourth-order valence-electron chi connectivity index (χ4n) is 2.92. The predicted octanol–water partition coefficient (Wildman–Crippen LogP) is 1.76. The number of halogens is 2. The molecule has 8 heteroatoms. The molecule has 1 N–H and O–H groups in total. The van der Waals surface area contributed by atoms with E-state index < -0.39 is 10.0 Å². The number of sulfonamides is 1. The maximum Gasteiger partial charge on any atom is 0.242 e. The van der Waals surface area contributed by atoms with E-state index in [4.69, 9.17) is 23.2 Å². The summed E-state index contributed by atoms with van der Waals surface area (Å²) in [5.41, 5.74) is 0. The van der Waals surface area contributed by atoms with Crippen molar-refractivity contribution in [2.24, 2.45) is 5.92 Å². The average molecular weight is 336 g/mol. The van der Waals surface area contributed by atoms with Crippen molar-refractivity contribution in [1.29, 1.82) is 0 Å². The number of pyridine rings is 1. The zero-order valence-electron chi connectivity index (χ0n) is 10.7. The van der Waals surface area contributed by atoms with Crippen LogP contribution in [0.3, 0.4) is 0 Å². The predicted molar refractivity (Wildman–Crippen MR) is 77.5 cm³/mol. The van der Waals surface area contributed by atoms with Gasteiger partial charge in [-0.15, -0.1) is 0 Å².